The van der Waals surface area contributed by atoms with Gasteiger partial charge in [0.15, 0.2) is 34.6 Å². The lowest BCUT2D eigenvalue weighted by Crippen LogP contribution is -2.10. The lowest BCUT2D eigenvalue weighted by atomic mass is 10.0. The van der Waals surface area contributed by atoms with Gasteiger partial charge in [-0.15, -0.1) is 0 Å². The second kappa shape index (κ2) is 30.3. The first-order valence-corrected chi connectivity index (χ1v) is 25.3. The molecule has 84 heavy (non-hydrogen) atoms. The molecular weight excluding hydrogens is 1080 g/mol. The van der Waals surface area contributed by atoms with E-state index >= 15 is 0 Å². The smallest absolute Gasteiger partial charge is 0.338 e. The molecule has 0 bridgehead atoms. The Hall–Kier alpha value is -11.3. The van der Waals surface area contributed by atoms with E-state index in [4.69, 9.17) is 37.9 Å². The highest BCUT2D eigenvalue weighted by Gasteiger charge is 2.17. The Morgan fingerprint density at radius 3 is 1.15 bits per heavy atom. The molecule has 0 N–H and O–H groups in total. The largest absolute Gasteiger partial charge is 0.427 e. The number of halogens is 1. The number of hydrogen-bond acceptors (Lipinski definition) is 16. The third-order valence-corrected chi connectivity index (χ3v) is 11.5. The molecule has 0 radical (unpaired) electrons. The molecule has 16 nitrogen and oxygen atoms in total. The monoisotopic (exact) mass is 1130 g/mol. The minimum Gasteiger partial charge on any atom is -0.427 e. The molecule has 0 aliphatic heterocycles. The van der Waals surface area contributed by atoms with Gasteiger partial charge in [-0.3, -0.25) is 9.59 Å². The third-order valence-electron chi connectivity index (χ3n) is 11.5. The Labute approximate surface area is 482 Å². The van der Waals surface area contributed by atoms with Gasteiger partial charge in [0.05, 0.1) is 0 Å². The third kappa shape index (κ3) is 18.6. The highest BCUT2D eigenvalue weighted by molar-refractivity contribution is 5.89. The van der Waals surface area contributed by atoms with Gasteiger partial charge in [-0.05, 0) is 137 Å². The van der Waals surface area contributed by atoms with Crippen LogP contribution in [0.1, 0.15) is 30.9 Å². The fourth-order valence-corrected chi connectivity index (χ4v) is 7.30. The molecule has 0 unspecified atom stereocenters. The molecule has 17 heteroatoms. The van der Waals surface area contributed by atoms with Crippen molar-refractivity contribution in [3.05, 3.63) is 244 Å². The van der Waals surface area contributed by atoms with Crippen molar-refractivity contribution in [2.75, 3.05) is 0 Å². The maximum atomic E-state index is 14.8. The molecule has 0 spiro atoms. The van der Waals surface area contributed by atoms with E-state index in [1.54, 1.807) is 104 Å². The zero-order valence-corrected chi connectivity index (χ0v) is 45.3. The second-order valence-corrected chi connectivity index (χ2v) is 17.6. The van der Waals surface area contributed by atoms with Gasteiger partial charge in [0.25, 0.3) is 0 Å². The van der Waals surface area contributed by atoms with Crippen LogP contribution in [0.3, 0.4) is 0 Å². The van der Waals surface area contributed by atoms with Crippen LogP contribution in [0.25, 0.3) is 33.4 Å². The lowest BCUT2D eigenvalue weighted by Gasteiger charge is -2.11. The van der Waals surface area contributed by atoms with Crippen molar-refractivity contribution in [3.8, 4) is 79.4 Å². The van der Waals surface area contributed by atoms with Crippen molar-refractivity contribution in [1.82, 2.24) is 0 Å². The molecule has 0 fully saturated rings. The zero-order chi connectivity index (χ0) is 60.7. The number of esters is 8. The van der Waals surface area contributed by atoms with Gasteiger partial charge in [-0.25, -0.2) is 33.2 Å². The van der Waals surface area contributed by atoms with Crippen molar-refractivity contribution in [1.29, 1.82) is 0 Å². The van der Waals surface area contributed by atoms with Gasteiger partial charge in [0.1, 0.15) is 17.2 Å². The summed E-state index contributed by atoms with van der Waals surface area (Å²) in [5, 5.41) is 0. The minimum absolute atomic E-state index is 0.00985. The molecule has 0 aromatic heterocycles. The van der Waals surface area contributed by atoms with Gasteiger partial charge in [-0.2, -0.15) is 0 Å². The molecule has 0 atom stereocenters. The van der Waals surface area contributed by atoms with Crippen molar-refractivity contribution < 1.29 is 80.6 Å². The topological polar surface area (TPSA) is 210 Å². The Kier molecular flexibility index (Phi) is 22.3. The summed E-state index contributed by atoms with van der Waals surface area (Å²) in [6.07, 6.45) is 5.72. The Morgan fingerprint density at radius 1 is 0.357 bits per heavy atom. The Bertz CT molecular complexity index is 3670. The molecule has 7 aromatic rings. The second-order valence-electron chi connectivity index (χ2n) is 17.6. The lowest BCUT2D eigenvalue weighted by molar-refractivity contribution is -0.135. The standard InChI is InChI=1S/C37H29FO8.C30H24O8/c1-5-34(39)45-32-19-15-28(22-33(32)46-35(40)6-2)25-10-7-24(8-11-25)9-20-36(41)44-31-18-14-27(21-30(31)38)26-12-16-29(17-13-26)43-37(42)23(3)4;1-4-27(31)35-23-13-9-21(10-14-23)22-11-15-24(16-12-22)36-30(34)18-8-20-7-17-25(37-28(32)5-2)26(19-20)38-29(33)6-3/h5-8,10-19,21-22H,1-3,9,20H2,4H3;4-7,9-17,19H,1-3,8,18H2. The van der Waals surface area contributed by atoms with E-state index in [1.165, 1.54) is 30.3 Å². The molecule has 7 aromatic carbocycles. The highest BCUT2D eigenvalue weighted by atomic mass is 19.1. The molecule has 0 aliphatic carbocycles. The number of rotatable bonds is 23. The van der Waals surface area contributed by atoms with Crippen LogP contribution in [0.2, 0.25) is 0 Å². The van der Waals surface area contributed by atoms with Crippen LogP contribution >= 0.6 is 0 Å². The molecular formula is C67H53FO16. The van der Waals surface area contributed by atoms with Crippen LogP contribution in [0.5, 0.6) is 46.0 Å². The molecule has 0 heterocycles. The number of carbonyl (C=O) groups is 8. The fraction of sp³-hybridized carbons (Fsp3) is 0.0746. The van der Waals surface area contributed by atoms with Crippen molar-refractivity contribution in [2.24, 2.45) is 0 Å². The van der Waals surface area contributed by atoms with Crippen molar-refractivity contribution >= 4 is 47.8 Å². The number of benzene rings is 7. The summed E-state index contributed by atoms with van der Waals surface area (Å²) in [6, 6.07) is 41.3. The number of hydrogen-bond donors (Lipinski definition) is 0. The number of carbonyl (C=O) groups excluding carboxylic acids is 8. The van der Waals surface area contributed by atoms with E-state index in [0.717, 1.165) is 52.6 Å². The first kappa shape index (κ1) is 61.9. The summed E-state index contributed by atoms with van der Waals surface area (Å²) in [4.78, 5) is 94.5. The highest BCUT2D eigenvalue weighted by Crippen LogP contribution is 2.35. The van der Waals surface area contributed by atoms with E-state index in [9.17, 15) is 42.7 Å². The summed E-state index contributed by atoms with van der Waals surface area (Å²) in [5.74, 6) is -4.66. The van der Waals surface area contributed by atoms with Crippen LogP contribution in [-0.2, 0) is 51.2 Å². The van der Waals surface area contributed by atoms with Gasteiger partial charge in [-0.1, -0.05) is 118 Å². The average molecular weight is 1130 g/mol. The van der Waals surface area contributed by atoms with E-state index < -0.39 is 53.6 Å². The molecule has 0 aliphatic rings. The summed E-state index contributed by atoms with van der Waals surface area (Å²) in [5.41, 5.74) is 6.21. The predicted molar refractivity (Wildman–Crippen MR) is 310 cm³/mol. The fourth-order valence-electron chi connectivity index (χ4n) is 7.30. The van der Waals surface area contributed by atoms with E-state index in [0.29, 0.717) is 45.9 Å². The molecule has 0 saturated heterocycles. The maximum Gasteiger partial charge on any atom is 0.338 e. The van der Waals surface area contributed by atoms with Crippen LogP contribution in [0.4, 0.5) is 4.39 Å². The minimum atomic E-state index is -0.729. The molecule has 7 rings (SSSR count). The zero-order valence-electron chi connectivity index (χ0n) is 45.3. The van der Waals surface area contributed by atoms with Gasteiger partial charge >= 0.3 is 47.8 Å². The molecule has 0 amide bonds. The van der Waals surface area contributed by atoms with Crippen LogP contribution in [-0.4, -0.2) is 47.8 Å². The van der Waals surface area contributed by atoms with Crippen LogP contribution in [0, 0.1) is 5.82 Å². The summed E-state index contributed by atoms with van der Waals surface area (Å²) in [6.45, 7) is 21.9. The predicted octanol–water partition coefficient (Wildman–Crippen LogP) is 12.5. The van der Waals surface area contributed by atoms with Crippen LogP contribution in [0.15, 0.2) is 227 Å². The number of aryl methyl sites for hydroxylation is 2. The van der Waals surface area contributed by atoms with Gasteiger partial charge in [0, 0.05) is 48.8 Å². The normalized spacial score (nSPS) is 10.2. The maximum absolute atomic E-state index is 14.8. The quantitative estimate of drug-likeness (QED) is 0.0331. The van der Waals surface area contributed by atoms with E-state index in [1.807, 2.05) is 24.3 Å². The summed E-state index contributed by atoms with van der Waals surface area (Å²) < 4.78 is 56.3. The van der Waals surface area contributed by atoms with Crippen molar-refractivity contribution in [2.45, 2.75) is 32.6 Å². The Balaban J connectivity index is 0.000000275. The number of ether oxygens (including phenoxy) is 8. The van der Waals surface area contributed by atoms with Gasteiger partial charge in [0.2, 0.25) is 0 Å². The van der Waals surface area contributed by atoms with Gasteiger partial charge < -0.3 is 37.9 Å². The average Bonchev–Trinajstić information content (AvgIpc) is 3.50. The summed E-state index contributed by atoms with van der Waals surface area (Å²) in [7, 11) is 0. The summed E-state index contributed by atoms with van der Waals surface area (Å²) >= 11 is 0. The SMILES string of the molecule is C=CC(=O)Oc1ccc(-c2ccc(CCC(=O)Oc3ccc(-c4ccc(OC(=O)C(=C)C)cc4)cc3F)cc2)cc1OC(=O)C=C.C=CC(=O)Oc1ccc(-c2ccc(OC(=O)CCc3ccc(OC(=O)C=C)c(OC(=O)C=C)c3)cc2)cc1. The van der Waals surface area contributed by atoms with Crippen molar-refractivity contribution in [3.63, 3.8) is 0 Å². The molecule has 0 saturated carbocycles. The first-order chi connectivity index (χ1) is 40.4. The van der Waals surface area contributed by atoms with Crippen LogP contribution < -0.4 is 37.9 Å². The molecule has 424 valence electrons. The van der Waals surface area contributed by atoms with E-state index in [-0.39, 0.29) is 53.6 Å². The van der Waals surface area contributed by atoms with E-state index in [2.05, 4.69) is 39.5 Å². The first-order valence-electron chi connectivity index (χ1n) is 25.3. The Morgan fingerprint density at radius 2 is 0.690 bits per heavy atom.